The van der Waals surface area contributed by atoms with E-state index in [-0.39, 0.29) is 12.6 Å². The highest BCUT2D eigenvalue weighted by Crippen LogP contribution is 2.01. The molecule has 0 unspecified atom stereocenters. The predicted octanol–water partition coefficient (Wildman–Crippen LogP) is 1.11. The van der Waals surface area contributed by atoms with Crippen molar-refractivity contribution >= 4 is 18.1 Å². The van der Waals surface area contributed by atoms with Gasteiger partial charge in [-0.1, -0.05) is 19.8 Å². The number of aliphatic imine (C=N–C) groups is 2. The van der Waals surface area contributed by atoms with E-state index in [0.717, 1.165) is 19.3 Å². The van der Waals surface area contributed by atoms with Crippen molar-refractivity contribution in [2.45, 2.75) is 38.8 Å². The number of carbonyl (C=O) groups excluding carboxylic acids is 3. The number of hydrogen-bond donors (Lipinski definition) is 0. The van der Waals surface area contributed by atoms with Crippen LogP contribution in [0.15, 0.2) is 9.98 Å². The molecule has 0 spiro atoms. The standard InChI is InChI=1S/C10H14N2O4/c1-2-3-4-5-10(15)16-6-9(11-7-13)12-8-14/h9H,2-6H2,1H3. The van der Waals surface area contributed by atoms with Crippen molar-refractivity contribution < 1.29 is 19.1 Å². The average Bonchev–Trinajstić information content (AvgIpc) is 2.27. The smallest absolute Gasteiger partial charge is 0.305 e. The molecule has 0 amide bonds. The Morgan fingerprint density at radius 3 is 2.38 bits per heavy atom. The number of unbranched alkanes of at least 4 members (excludes halogenated alkanes) is 2. The molecule has 0 aliphatic carbocycles. The SMILES string of the molecule is CCCCCC(=O)OCC(N=C=O)N=C=O. The van der Waals surface area contributed by atoms with Gasteiger partial charge in [-0.05, 0) is 6.42 Å². The molecule has 0 heterocycles. The lowest BCUT2D eigenvalue weighted by molar-refractivity contribution is -0.144. The average molecular weight is 226 g/mol. The van der Waals surface area contributed by atoms with E-state index in [0.29, 0.717) is 6.42 Å². The zero-order valence-electron chi connectivity index (χ0n) is 9.14. The second kappa shape index (κ2) is 9.77. The Balaban J connectivity index is 3.86. The zero-order chi connectivity index (χ0) is 12.2. The van der Waals surface area contributed by atoms with Crippen LogP contribution in [0, 0.1) is 0 Å². The second-order valence-electron chi connectivity index (χ2n) is 3.06. The van der Waals surface area contributed by atoms with E-state index in [1.807, 2.05) is 6.92 Å². The van der Waals surface area contributed by atoms with E-state index >= 15 is 0 Å². The largest absolute Gasteiger partial charge is 0.461 e. The van der Waals surface area contributed by atoms with Gasteiger partial charge in [-0.25, -0.2) is 9.59 Å². The number of hydrogen-bond acceptors (Lipinski definition) is 6. The molecular formula is C10H14N2O4. The highest BCUT2D eigenvalue weighted by atomic mass is 16.5. The van der Waals surface area contributed by atoms with Gasteiger partial charge in [0.15, 0.2) is 6.17 Å². The molecule has 88 valence electrons. The number of esters is 1. The minimum absolute atomic E-state index is 0.227. The molecule has 0 bridgehead atoms. The molecule has 0 saturated carbocycles. The van der Waals surface area contributed by atoms with Crippen molar-refractivity contribution in [3.8, 4) is 0 Å². The summed E-state index contributed by atoms with van der Waals surface area (Å²) in [6, 6.07) is 0. The number of ether oxygens (including phenoxy) is 1. The van der Waals surface area contributed by atoms with Gasteiger partial charge in [0.2, 0.25) is 12.2 Å². The summed E-state index contributed by atoms with van der Waals surface area (Å²) in [5, 5.41) is 0. The first kappa shape index (κ1) is 14.2. The molecule has 0 radical (unpaired) electrons. The van der Waals surface area contributed by atoms with E-state index in [1.54, 1.807) is 0 Å². The van der Waals surface area contributed by atoms with Crippen LogP contribution in [0.5, 0.6) is 0 Å². The van der Waals surface area contributed by atoms with E-state index in [9.17, 15) is 14.4 Å². The molecule has 0 atom stereocenters. The first-order chi connectivity index (χ1) is 7.74. The number of rotatable bonds is 8. The van der Waals surface area contributed by atoms with Crippen molar-refractivity contribution in [3.63, 3.8) is 0 Å². The van der Waals surface area contributed by atoms with Crippen molar-refractivity contribution in [3.05, 3.63) is 0 Å². The fourth-order valence-electron chi connectivity index (χ4n) is 0.984. The van der Waals surface area contributed by atoms with Crippen LogP contribution in [-0.4, -0.2) is 30.9 Å². The van der Waals surface area contributed by atoms with E-state index in [1.165, 1.54) is 12.2 Å². The Kier molecular flexibility index (Phi) is 8.69. The van der Waals surface area contributed by atoms with E-state index in [4.69, 9.17) is 4.74 Å². The van der Waals surface area contributed by atoms with Crippen LogP contribution in [0.1, 0.15) is 32.6 Å². The van der Waals surface area contributed by atoms with Gasteiger partial charge in [0.25, 0.3) is 0 Å². The van der Waals surface area contributed by atoms with Crippen LogP contribution >= 0.6 is 0 Å². The summed E-state index contributed by atoms with van der Waals surface area (Å²) in [7, 11) is 0. The third-order valence-corrected chi connectivity index (χ3v) is 1.78. The summed E-state index contributed by atoms with van der Waals surface area (Å²) in [5.41, 5.74) is 0. The second-order valence-corrected chi connectivity index (χ2v) is 3.06. The van der Waals surface area contributed by atoms with Crippen LogP contribution in [0.4, 0.5) is 0 Å². The lowest BCUT2D eigenvalue weighted by atomic mass is 10.2. The van der Waals surface area contributed by atoms with Crippen LogP contribution in [0.2, 0.25) is 0 Å². The highest BCUT2D eigenvalue weighted by molar-refractivity contribution is 5.69. The van der Waals surface area contributed by atoms with Gasteiger partial charge in [-0.3, -0.25) is 4.79 Å². The number of nitrogens with zero attached hydrogens (tertiary/aromatic N) is 2. The molecule has 0 aliphatic heterocycles. The molecule has 0 aromatic carbocycles. The van der Waals surface area contributed by atoms with Gasteiger partial charge in [0.05, 0.1) is 0 Å². The first-order valence-electron chi connectivity index (χ1n) is 5.04. The van der Waals surface area contributed by atoms with Gasteiger partial charge in [0, 0.05) is 6.42 Å². The minimum Gasteiger partial charge on any atom is -0.461 e. The third-order valence-electron chi connectivity index (χ3n) is 1.78. The van der Waals surface area contributed by atoms with Gasteiger partial charge in [0.1, 0.15) is 6.61 Å². The number of carbonyl (C=O) groups is 1. The first-order valence-corrected chi connectivity index (χ1v) is 5.04. The summed E-state index contributed by atoms with van der Waals surface area (Å²) < 4.78 is 4.77. The van der Waals surface area contributed by atoms with Gasteiger partial charge in [-0.15, -0.1) is 0 Å². The number of isocyanates is 2. The maximum absolute atomic E-state index is 11.1. The topological polar surface area (TPSA) is 85.2 Å². The van der Waals surface area contributed by atoms with Crippen molar-refractivity contribution in [1.82, 2.24) is 0 Å². The quantitative estimate of drug-likeness (QED) is 0.268. The Bertz CT molecular complexity index is 286. The van der Waals surface area contributed by atoms with E-state index < -0.39 is 6.17 Å². The molecule has 0 fully saturated rings. The third kappa shape index (κ3) is 7.62. The fourth-order valence-corrected chi connectivity index (χ4v) is 0.984. The van der Waals surface area contributed by atoms with Crippen molar-refractivity contribution in [2.24, 2.45) is 9.98 Å². The molecular weight excluding hydrogens is 212 g/mol. The summed E-state index contributed by atoms with van der Waals surface area (Å²) in [5.74, 6) is -0.388. The molecule has 16 heavy (non-hydrogen) atoms. The van der Waals surface area contributed by atoms with Crippen LogP contribution in [0.25, 0.3) is 0 Å². The summed E-state index contributed by atoms with van der Waals surface area (Å²) in [6.45, 7) is 1.80. The minimum atomic E-state index is -1.02. The molecule has 6 heteroatoms. The molecule has 0 saturated heterocycles. The van der Waals surface area contributed by atoms with Crippen LogP contribution in [-0.2, 0) is 19.1 Å². The van der Waals surface area contributed by atoms with E-state index in [2.05, 4.69) is 9.98 Å². The maximum Gasteiger partial charge on any atom is 0.305 e. The predicted molar refractivity (Wildman–Crippen MR) is 55.1 cm³/mol. The molecule has 0 aromatic heterocycles. The Labute approximate surface area is 93.4 Å². The summed E-state index contributed by atoms with van der Waals surface area (Å²) >= 11 is 0. The molecule has 6 nitrogen and oxygen atoms in total. The lowest BCUT2D eigenvalue weighted by Gasteiger charge is -2.05. The summed E-state index contributed by atoms with van der Waals surface area (Å²) in [6.07, 6.45) is 4.50. The van der Waals surface area contributed by atoms with Gasteiger partial charge in [-0.2, -0.15) is 9.98 Å². The van der Waals surface area contributed by atoms with Crippen LogP contribution in [0.3, 0.4) is 0 Å². The summed E-state index contributed by atoms with van der Waals surface area (Å²) in [4.78, 5) is 37.3. The molecule has 0 aromatic rings. The maximum atomic E-state index is 11.1. The highest BCUT2D eigenvalue weighted by Gasteiger charge is 2.08. The van der Waals surface area contributed by atoms with Crippen LogP contribution < -0.4 is 0 Å². The molecule has 0 rings (SSSR count). The molecule has 0 aliphatic rings. The van der Waals surface area contributed by atoms with Gasteiger partial charge >= 0.3 is 5.97 Å². The Hall–Kier alpha value is -1.77. The Morgan fingerprint density at radius 2 is 1.88 bits per heavy atom. The van der Waals surface area contributed by atoms with Crippen molar-refractivity contribution in [2.75, 3.05) is 6.61 Å². The molecule has 0 N–H and O–H groups in total. The monoisotopic (exact) mass is 226 g/mol. The fraction of sp³-hybridized carbons (Fsp3) is 0.700. The van der Waals surface area contributed by atoms with Crippen molar-refractivity contribution in [1.29, 1.82) is 0 Å². The Morgan fingerprint density at radius 1 is 1.25 bits per heavy atom. The van der Waals surface area contributed by atoms with Gasteiger partial charge < -0.3 is 4.74 Å². The normalized spacial score (nSPS) is 10.8. The lowest BCUT2D eigenvalue weighted by Crippen LogP contribution is -2.15. The zero-order valence-corrected chi connectivity index (χ0v) is 9.14.